The van der Waals surface area contributed by atoms with Gasteiger partial charge in [-0.05, 0) is 44.7 Å². The lowest BCUT2D eigenvalue weighted by atomic mass is 10.1. The van der Waals surface area contributed by atoms with Crippen molar-refractivity contribution in [1.29, 1.82) is 0 Å². The van der Waals surface area contributed by atoms with E-state index in [0.29, 0.717) is 28.6 Å². The lowest BCUT2D eigenvalue weighted by Crippen LogP contribution is -2.25. The second-order valence-corrected chi connectivity index (χ2v) is 9.40. The first-order valence-corrected chi connectivity index (χ1v) is 10.8. The molecule has 1 amide bonds. The van der Waals surface area contributed by atoms with E-state index >= 15 is 0 Å². The smallest absolute Gasteiger partial charge is 0.263 e. The van der Waals surface area contributed by atoms with E-state index in [9.17, 15) is 13.2 Å². The van der Waals surface area contributed by atoms with Crippen LogP contribution in [0, 0.1) is 26.7 Å². The molecule has 0 saturated carbocycles. The van der Waals surface area contributed by atoms with Crippen LogP contribution in [0.1, 0.15) is 46.8 Å². The molecule has 0 aliphatic carbocycles. The molecule has 0 aliphatic rings. The normalized spacial score (nSPS) is 11.6. The van der Waals surface area contributed by atoms with E-state index in [1.54, 1.807) is 26.0 Å². The van der Waals surface area contributed by atoms with Gasteiger partial charge in [0.25, 0.3) is 15.9 Å². The molecule has 1 heterocycles. The Hall–Kier alpha value is -1.93. The van der Waals surface area contributed by atoms with Gasteiger partial charge < -0.3 is 5.32 Å². The number of carbonyl (C=O) groups excluding carboxylic acids is 1. The van der Waals surface area contributed by atoms with Crippen LogP contribution in [0.5, 0.6) is 0 Å². The molecule has 0 saturated heterocycles. The molecule has 142 valence electrons. The monoisotopic (exact) mass is 395 g/mol. The number of hydrogen-bond donors (Lipinski definition) is 2. The van der Waals surface area contributed by atoms with Crippen LogP contribution in [0.15, 0.2) is 23.1 Å². The first-order valence-electron chi connectivity index (χ1n) is 8.46. The maximum Gasteiger partial charge on any atom is 0.263 e. The lowest BCUT2D eigenvalue weighted by Gasteiger charge is -2.08. The molecule has 2 aromatic rings. The van der Waals surface area contributed by atoms with Gasteiger partial charge >= 0.3 is 0 Å². The summed E-state index contributed by atoms with van der Waals surface area (Å²) in [5, 5.41) is 3.04. The van der Waals surface area contributed by atoms with E-state index in [-0.39, 0.29) is 15.9 Å². The molecular weight excluding hydrogens is 370 g/mol. The number of nitrogens with zero attached hydrogens (tertiary/aromatic N) is 1. The minimum Gasteiger partial charge on any atom is -0.351 e. The van der Waals surface area contributed by atoms with E-state index in [1.165, 1.54) is 0 Å². The predicted octanol–water partition coefficient (Wildman–Crippen LogP) is 3.65. The van der Waals surface area contributed by atoms with E-state index in [4.69, 9.17) is 0 Å². The van der Waals surface area contributed by atoms with Crippen LogP contribution >= 0.6 is 11.3 Å². The van der Waals surface area contributed by atoms with Crippen LogP contribution in [-0.2, 0) is 10.0 Å². The Morgan fingerprint density at radius 3 is 2.54 bits per heavy atom. The number of amides is 1. The van der Waals surface area contributed by atoms with Crippen molar-refractivity contribution < 1.29 is 13.2 Å². The second kappa shape index (κ2) is 8.18. The highest BCUT2D eigenvalue weighted by atomic mass is 32.2. The van der Waals surface area contributed by atoms with Crippen LogP contribution in [-0.4, -0.2) is 25.9 Å². The number of rotatable bonds is 7. The van der Waals surface area contributed by atoms with Gasteiger partial charge in [0.15, 0.2) is 5.13 Å². The standard InChI is InChI=1S/C18H25N3O3S2/c1-11(2)8-9-19-17(22)16-14(5)20-18(25-16)21-26(23,24)15-7-6-12(3)10-13(15)4/h6-7,10-11H,8-9H2,1-5H3,(H,19,22)(H,20,21). The number of aryl methyl sites for hydroxylation is 3. The van der Waals surface area contributed by atoms with Gasteiger partial charge in [0.1, 0.15) is 4.88 Å². The van der Waals surface area contributed by atoms with E-state index < -0.39 is 10.0 Å². The number of anilines is 1. The van der Waals surface area contributed by atoms with Crippen LogP contribution in [0.2, 0.25) is 0 Å². The molecule has 8 heteroatoms. The summed E-state index contributed by atoms with van der Waals surface area (Å²) in [5.74, 6) is 0.274. The minimum absolute atomic E-state index is 0.191. The maximum atomic E-state index is 12.6. The Balaban J connectivity index is 2.16. The molecule has 2 N–H and O–H groups in total. The maximum absolute atomic E-state index is 12.6. The highest BCUT2D eigenvalue weighted by Gasteiger charge is 2.21. The summed E-state index contributed by atoms with van der Waals surface area (Å²) in [4.78, 5) is 17.1. The van der Waals surface area contributed by atoms with Gasteiger partial charge in [-0.2, -0.15) is 0 Å². The molecule has 0 aliphatic heterocycles. The number of carbonyl (C=O) groups is 1. The SMILES string of the molecule is Cc1ccc(S(=O)(=O)Nc2nc(C)c(C(=O)NCCC(C)C)s2)c(C)c1. The van der Waals surface area contributed by atoms with Crippen LogP contribution in [0.3, 0.4) is 0 Å². The van der Waals surface area contributed by atoms with Gasteiger partial charge in [-0.3, -0.25) is 9.52 Å². The molecule has 1 aromatic carbocycles. The van der Waals surface area contributed by atoms with Gasteiger partial charge in [0.2, 0.25) is 0 Å². The fraction of sp³-hybridized carbons (Fsp3) is 0.444. The van der Waals surface area contributed by atoms with Crippen molar-refractivity contribution in [3.8, 4) is 0 Å². The fourth-order valence-electron chi connectivity index (χ4n) is 2.48. The van der Waals surface area contributed by atoms with E-state index in [1.807, 2.05) is 13.0 Å². The first-order chi connectivity index (χ1) is 12.1. The summed E-state index contributed by atoms with van der Waals surface area (Å²) >= 11 is 1.04. The number of nitrogens with one attached hydrogen (secondary N) is 2. The zero-order chi connectivity index (χ0) is 19.5. The average Bonchev–Trinajstić information content (AvgIpc) is 2.86. The third kappa shape index (κ3) is 5.04. The number of thiazole rings is 1. The third-order valence-electron chi connectivity index (χ3n) is 3.85. The zero-order valence-electron chi connectivity index (χ0n) is 15.7. The van der Waals surface area contributed by atoms with Crippen LogP contribution in [0.25, 0.3) is 0 Å². The molecule has 0 bridgehead atoms. The summed E-state index contributed by atoms with van der Waals surface area (Å²) < 4.78 is 27.7. The summed E-state index contributed by atoms with van der Waals surface area (Å²) in [6.45, 7) is 10.1. The van der Waals surface area contributed by atoms with Crippen molar-refractivity contribution in [2.75, 3.05) is 11.3 Å². The van der Waals surface area contributed by atoms with Crippen LogP contribution < -0.4 is 10.0 Å². The Morgan fingerprint density at radius 2 is 1.92 bits per heavy atom. The first kappa shape index (κ1) is 20.4. The van der Waals surface area contributed by atoms with Gasteiger partial charge in [0.05, 0.1) is 10.6 Å². The lowest BCUT2D eigenvalue weighted by molar-refractivity contribution is 0.0955. The van der Waals surface area contributed by atoms with Gasteiger partial charge in [-0.25, -0.2) is 13.4 Å². The molecular formula is C18H25N3O3S2. The summed E-state index contributed by atoms with van der Waals surface area (Å²) in [7, 11) is -3.75. The largest absolute Gasteiger partial charge is 0.351 e. The van der Waals surface area contributed by atoms with Crippen molar-refractivity contribution in [3.63, 3.8) is 0 Å². The Labute approximate surface area is 159 Å². The molecule has 0 unspecified atom stereocenters. The summed E-state index contributed by atoms with van der Waals surface area (Å²) in [6.07, 6.45) is 0.885. The van der Waals surface area contributed by atoms with Gasteiger partial charge in [0, 0.05) is 6.54 Å². The number of hydrogen-bond acceptors (Lipinski definition) is 5. The topological polar surface area (TPSA) is 88.2 Å². The quantitative estimate of drug-likeness (QED) is 0.749. The highest BCUT2D eigenvalue weighted by molar-refractivity contribution is 7.93. The average molecular weight is 396 g/mol. The number of benzene rings is 1. The van der Waals surface area contributed by atoms with Crippen molar-refractivity contribution in [1.82, 2.24) is 10.3 Å². The summed E-state index contributed by atoms with van der Waals surface area (Å²) in [6, 6.07) is 5.14. The van der Waals surface area contributed by atoms with E-state index in [2.05, 4.69) is 28.9 Å². The van der Waals surface area contributed by atoms with E-state index in [0.717, 1.165) is 23.3 Å². The Morgan fingerprint density at radius 1 is 1.23 bits per heavy atom. The molecule has 6 nitrogen and oxygen atoms in total. The van der Waals surface area contributed by atoms with Crippen molar-refractivity contribution >= 4 is 32.4 Å². The highest BCUT2D eigenvalue weighted by Crippen LogP contribution is 2.26. The predicted molar refractivity (Wildman–Crippen MR) is 105 cm³/mol. The molecule has 0 atom stereocenters. The Bertz CT molecular complexity index is 902. The summed E-state index contributed by atoms with van der Waals surface area (Å²) in [5.41, 5.74) is 2.17. The third-order valence-corrected chi connectivity index (χ3v) is 6.55. The molecule has 26 heavy (non-hydrogen) atoms. The van der Waals surface area contributed by atoms with Gasteiger partial charge in [-0.15, -0.1) is 0 Å². The molecule has 0 fully saturated rings. The molecule has 0 radical (unpaired) electrons. The van der Waals surface area contributed by atoms with Crippen LogP contribution in [0.4, 0.5) is 5.13 Å². The van der Waals surface area contributed by atoms with Crippen molar-refractivity contribution in [2.24, 2.45) is 5.92 Å². The number of aromatic nitrogens is 1. The second-order valence-electron chi connectivity index (χ2n) is 6.75. The van der Waals surface area contributed by atoms with Gasteiger partial charge in [-0.1, -0.05) is 42.9 Å². The molecule has 1 aromatic heterocycles. The zero-order valence-corrected chi connectivity index (χ0v) is 17.3. The Kier molecular flexibility index (Phi) is 6.41. The van der Waals surface area contributed by atoms with Crippen molar-refractivity contribution in [3.05, 3.63) is 39.9 Å². The van der Waals surface area contributed by atoms with Crippen molar-refractivity contribution in [2.45, 2.75) is 45.9 Å². The number of sulfonamides is 1. The fourth-order valence-corrected chi connectivity index (χ4v) is 4.82. The molecule has 2 rings (SSSR count). The molecule has 0 spiro atoms. The minimum atomic E-state index is -3.75.